The van der Waals surface area contributed by atoms with E-state index in [2.05, 4.69) is 9.97 Å². The molecule has 1 N–H and O–H groups in total. The number of ether oxygens (including phenoxy) is 1. The van der Waals surface area contributed by atoms with Gasteiger partial charge in [-0.1, -0.05) is 0 Å². The predicted octanol–water partition coefficient (Wildman–Crippen LogP) is 2.02. The van der Waals surface area contributed by atoms with Gasteiger partial charge in [-0.25, -0.2) is 9.97 Å². The van der Waals surface area contributed by atoms with E-state index in [4.69, 9.17) is 9.84 Å². The second-order valence-corrected chi connectivity index (χ2v) is 4.88. The number of rotatable bonds is 3. The second-order valence-electron chi connectivity index (χ2n) is 4.88. The fourth-order valence-electron chi connectivity index (χ4n) is 2.33. The van der Waals surface area contributed by atoms with Gasteiger partial charge in [-0.3, -0.25) is 0 Å². The highest BCUT2D eigenvalue weighted by atomic mass is 16.5. The van der Waals surface area contributed by atoms with E-state index in [1.54, 1.807) is 0 Å². The van der Waals surface area contributed by atoms with E-state index < -0.39 is 0 Å². The molecule has 4 nitrogen and oxygen atoms in total. The molecule has 1 aliphatic rings. The third-order valence-electron chi connectivity index (χ3n) is 3.29. The summed E-state index contributed by atoms with van der Waals surface area (Å²) in [6.45, 7) is 4.20. The molecule has 17 heavy (non-hydrogen) atoms. The Morgan fingerprint density at radius 3 is 2.29 bits per heavy atom. The van der Waals surface area contributed by atoms with Gasteiger partial charge in [-0.05, 0) is 51.5 Å². The smallest absolute Gasteiger partial charge is 0.317 e. The summed E-state index contributed by atoms with van der Waals surface area (Å²) in [6.07, 6.45) is 4.25. The summed E-state index contributed by atoms with van der Waals surface area (Å²) in [5.74, 6) is 0.454. The SMILES string of the molecule is Cc1cc(C)nc(OC2CCC(CO)CC2)n1. The lowest BCUT2D eigenvalue weighted by molar-refractivity contribution is 0.0963. The fraction of sp³-hybridized carbons (Fsp3) is 0.692. The van der Waals surface area contributed by atoms with Crippen LogP contribution in [0.2, 0.25) is 0 Å². The number of aliphatic hydroxyl groups is 1. The Morgan fingerprint density at radius 1 is 1.18 bits per heavy atom. The molecule has 4 heteroatoms. The Bertz CT molecular complexity index is 353. The van der Waals surface area contributed by atoms with Crippen molar-refractivity contribution in [1.29, 1.82) is 0 Å². The van der Waals surface area contributed by atoms with Crippen LogP contribution in [0.1, 0.15) is 37.1 Å². The van der Waals surface area contributed by atoms with Crippen molar-refractivity contribution >= 4 is 0 Å². The van der Waals surface area contributed by atoms with Gasteiger partial charge in [0.1, 0.15) is 6.10 Å². The lowest BCUT2D eigenvalue weighted by atomic mass is 9.88. The van der Waals surface area contributed by atoms with E-state index in [0.717, 1.165) is 37.1 Å². The normalized spacial score (nSPS) is 24.6. The molecule has 0 radical (unpaired) electrons. The number of hydrogen-bond donors (Lipinski definition) is 1. The average molecular weight is 236 g/mol. The number of hydrogen-bond acceptors (Lipinski definition) is 4. The molecule has 2 rings (SSSR count). The van der Waals surface area contributed by atoms with Crippen molar-refractivity contribution in [1.82, 2.24) is 9.97 Å². The van der Waals surface area contributed by atoms with Crippen molar-refractivity contribution in [3.05, 3.63) is 17.5 Å². The quantitative estimate of drug-likeness (QED) is 0.872. The van der Waals surface area contributed by atoms with Crippen LogP contribution in [0.3, 0.4) is 0 Å². The van der Waals surface area contributed by atoms with Crippen LogP contribution < -0.4 is 4.74 Å². The molecule has 1 heterocycles. The Morgan fingerprint density at radius 2 is 1.76 bits per heavy atom. The molecular weight excluding hydrogens is 216 g/mol. The maximum absolute atomic E-state index is 9.07. The molecule has 0 atom stereocenters. The van der Waals surface area contributed by atoms with Gasteiger partial charge < -0.3 is 9.84 Å². The van der Waals surface area contributed by atoms with Crippen LogP contribution in [-0.2, 0) is 0 Å². The van der Waals surface area contributed by atoms with Gasteiger partial charge in [0, 0.05) is 18.0 Å². The van der Waals surface area contributed by atoms with Crippen LogP contribution in [0, 0.1) is 19.8 Å². The predicted molar refractivity (Wildman–Crippen MR) is 65.0 cm³/mol. The Hall–Kier alpha value is -1.16. The molecule has 0 aromatic carbocycles. The van der Waals surface area contributed by atoms with Crippen LogP contribution >= 0.6 is 0 Å². The molecule has 1 aromatic heterocycles. The Balaban J connectivity index is 1.93. The van der Waals surface area contributed by atoms with Crippen molar-refractivity contribution in [3.63, 3.8) is 0 Å². The number of nitrogens with zero attached hydrogens (tertiary/aromatic N) is 2. The molecule has 0 unspecified atom stereocenters. The topological polar surface area (TPSA) is 55.2 Å². The molecule has 1 fully saturated rings. The molecule has 1 aliphatic carbocycles. The Labute approximate surface area is 102 Å². The largest absolute Gasteiger partial charge is 0.460 e. The van der Waals surface area contributed by atoms with E-state index in [1.807, 2.05) is 19.9 Å². The van der Waals surface area contributed by atoms with E-state index in [9.17, 15) is 0 Å². The zero-order chi connectivity index (χ0) is 12.3. The van der Waals surface area contributed by atoms with Crippen molar-refractivity contribution in [2.24, 2.45) is 5.92 Å². The molecule has 0 bridgehead atoms. The Kier molecular flexibility index (Phi) is 3.94. The summed E-state index contributed by atoms with van der Waals surface area (Å²) >= 11 is 0. The fourth-order valence-corrected chi connectivity index (χ4v) is 2.33. The minimum absolute atomic E-state index is 0.207. The van der Waals surface area contributed by atoms with Crippen LogP contribution in [0.25, 0.3) is 0 Å². The van der Waals surface area contributed by atoms with Crippen LogP contribution in [-0.4, -0.2) is 27.8 Å². The summed E-state index contributed by atoms with van der Waals surface area (Å²) in [4.78, 5) is 8.57. The van der Waals surface area contributed by atoms with Crippen LogP contribution in [0.4, 0.5) is 0 Å². The zero-order valence-corrected chi connectivity index (χ0v) is 10.5. The van der Waals surface area contributed by atoms with Crippen molar-refractivity contribution in [2.75, 3.05) is 6.61 Å². The minimum Gasteiger partial charge on any atom is -0.460 e. The summed E-state index contributed by atoms with van der Waals surface area (Å²) in [5.41, 5.74) is 1.88. The molecule has 0 amide bonds. The summed E-state index contributed by atoms with van der Waals surface area (Å²) in [7, 11) is 0. The lowest BCUT2D eigenvalue weighted by Gasteiger charge is -2.27. The summed E-state index contributed by atoms with van der Waals surface area (Å²) in [6, 6.07) is 2.44. The molecule has 0 saturated heterocycles. The van der Waals surface area contributed by atoms with Gasteiger partial charge in [0.2, 0.25) is 0 Å². The molecular formula is C13H20N2O2. The van der Waals surface area contributed by atoms with Gasteiger partial charge in [0.15, 0.2) is 0 Å². The minimum atomic E-state index is 0.207. The standard InChI is InChI=1S/C13H20N2O2/c1-9-7-10(2)15-13(14-9)17-12-5-3-11(8-16)4-6-12/h7,11-12,16H,3-6,8H2,1-2H3. The molecule has 94 valence electrons. The van der Waals surface area contributed by atoms with Crippen LogP contribution in [0.5, 0.6) is 6.01 Å². The maximum Gasteiger partial charge on any atom is 0.317 e. The van der Waals surface area contributed by atoms with Gasteiger partial charge in [0.25, 0.3) is 0 Å². The summed E-state index contributed by atoms with van der Waals surface area (Å²) < 4.78 is 5.81. The first-order valence-electron chi connectivity index (χ1n) is 6.27. The second kappa shape index (κ2) is 5.45. The van der Waals surface area contributed by atoms with Gasteiger partial charge >= 0.3 is 6.01 Å². The first-order valence-corrected chi connectivity index (χ1v) is 6.27. The van der Waals surface area contributed by atoms with E-state index >= 15 is 0 Å². The number of aromatic nitrogens is 2. The molecule has 0 spiro atoms. The molecule has 0 aliphatic heterocycles. The average Bonchev–Trinajstić information content (AvgIpc) is 2.28. The highest BCUT2D eigenvalue weighted by molar-refractivity contribution is 5.11. The summed E-state index contributed by atoms with van der Waals surface area (Å²) in [5, 5.41) is 9.07. The van der Waals surface area contributed by atoms with E-state index in [1.165, 1.54) is 0 Å². The highest BCUT2D eigenvalue weighted by Crippen LogP contribution is 2.26. The number of aliphatic hydroxyl groups excluding tert-OH is 1. The molecule has 1 aromatic rings. The van der Waals surface area contributed by atoms with Gasteiger partial charge in [-0.15, -0.1) is 0 Å². The third-order valence-corrected chi connectivity index (χ3v) is 3.29. The first kappa shape index (κ1) is 12.3. The van der Waals surface area contributed by atoms with Crippen LogP contribution in [0.15, 0.2) is 6.07 Å². The first-order chi connectivity index (χ1) is 8.17. The van der Waals surface area contributed by atoms with Crippen molar-refractivity contribution in [2.45, 2.75) is 45.6 Å². The van der Waals surface area contributed by atoms with E-state index in [-0.39, 0.29) is 6.10 Å². The lowest BCUT2D eigenvalue weighted by Crippen LogP contribution is -2.26. The van der Waals surface area contributed by atoms with Gasteiger partial charge in [0.05, 0.1) is 0 Å². The molecule has 1 saturated carbocycles. The van der Waals surface area contributed by atoms with Crippen molar-refractivity contribution in [3.8, 4) is 6.01 Å². The highest BCUT2D eigenvalue weighted by Gasteiger charge is 2.22. The van der Waals surface area contributed by atoms with Crippen molar-refractivity contribution < 1.29 is 9.84 Å². The maximum atomic E-state index is 9.07. The van der Waals surface area contributed by atoms with Gasteiger partial charge in [-0.2, -0.15) is 0 Å². The zero-order valence-electron chi connectivity index (χ0n) is 10.5. The third kappa shape index (κ3) is 3.40. The monoisotopic (exact) mass is 236 g/mol. The number of aryl methyl sites for hydroxylation is 2. The van der Waals surface area contributed by atoms with E-state index in [0.29, 0.717) is 18.5 Å².